The van der Waals surface area contributed by atoms with Crippen LogP contribution in [0.5, 0.6) is 0 Å². The minimum Gasteiger partial charge on any atom is -0.387 e. The summed E-state index contributed by atoms with van der Waals surface area (Å²) in [4.78, 5) is 3.64. The Bertz CT molecular complexity index is 351. The lowest BCUT2D eigenvalue weighted by molar-refractivity contribution is 0.265. The molecule has 1 unspecified atom stereocenters. The summed E-state index contributed by atoms with van der Waals surface area (Å²) in [6.07, 6.45) is 0. The summed E-state index contributed by atoms with van der Waals surface area (Å²) in [6.45, 7) is 6.87. The highest BCUT2D eigenvalue weighted by Crippen LogP contribution is 2.24. The van der Waals surface area contributed by atoms with E-state index in [1.807, 2.05) is 6.92 Å². The third kappa shape index (κ3) is 3.88. The summed E-state index contributed by atoms with van der Waals surface area (Å²) in [5.41, 5.74) is 5.49. The fourth-order valence-electron chi connectivity index (χ4n) is 1.43. The van der Waals surface area contributed by atoms with Gasteiger partial charge in [0.1, 0.15) is 0 Å². The van der Waals surface area contributed by atoms with Crippen LogP contribution in [-0.4, -0.2) is 23.8 Å². The second-order valence-corrected chi connectivity index (χ2v) is 5.73. The zero-order valence-electron chi connectivity index (χ0n) is 9.66. The van der Waals surface area contributed by atoms with Crippen LogP contribution in [0, 0.1) is 11.3 Å². The van der Waals surface area contributed by atoms with Crippen LogP contribution in [0.15, 0.2) is 15.9 Å². The Kier molecular flexibility index (Phi) is 5.44. The van der Waals surface area contributed by atoms with E-state index in [0.717, 1.165) is 19.6 Å². The predicted molar refractivity (Wildman–Crippen MR) is 74.0 cm³/mol. The van der Waals surface area contributed by atoms with Gasteiger partial charge >= 0.3 is 0 Å². The van der Waals surface area contributed by atoms with Crippen molar-refractivity contribution in [1.29, 1.82) is 5.41 Å². The third-order valence-corrected chi connectivity index (χ3v) is 4.48. The molecular weight excluding hydrogens is 286 g/mol. The lowest BCUT2D eigenvalue weighted by Crippen LogP contribution is -2.33. The number of amidine groups is 1. The molecule has 16 heavy (non-hydrogen) atoms. The first-order valence-corrected chi connectivity index (χ1v) is 7.00. The molecule has 1 atom stereocenters. The average Bonchev–Trinajstić information content (AvgIpc) is 2.63. The fourth-order valence-corrected chi connectivity index (χ4v) is 2.95. The van der Waals surface area contributed by atoms with Gasteiger partial charge in [0.2, 0.25) is 0 Å². The molecule has 0 saturated carbocycles. The first kappa shape index (κ1) is 13.7. The van der Waals surface area contributed by atoms with Gasteiger partial charge in [-0.15, -0.1) is 11.3 Å². The molecule has 3 nitrogen and oxygen atoms in total. The van der Waals surface area contributed by atoms with Gasteiger partial charge in [-0.2, -0.15) is 0 Å². The highest BCUT2D eigenvalue weighted by Gasteiger charge is 2.13. The van der Waals surface area contributed by atoms with Crippen LogP contribution in [0.25, 0.3) is 0 Å². The van der Waals surface area contributed by atoms with Crippen molar-refractivity contribution in [3.05, 3.63) is 20.8 Å². The monoisotopic (exact) mass is 303 g/mol. The predicted octanol–water partition coefficient (Wildman–Crippen LogP) is 2.90. The van der Waals surface area contributed by atoms with Crippen molar-refractivity contribution in [3.63, 3.8) is 0 Å². The Balaban J connectivity index is 2.56. The van der Waals surface area contributed by atoms with Crippen LogP contribution in [0.3, 0.4) is 0 Å². The summed E-state index contributed by atoms with van der Waals surface area (Å²) >= 11 is 5.29. The molecule has 0 aromatic carbocycles. The van der Waals surface area contributed by atoms with E-state index in [-0.39, 0.29) is 11.8 Å². The van der Waals surface area contributed by atoms with E-state index in [2.05, 4.69) is 39.2 Å². The van der Waals surface area contributed by atoms with E-state index < -0.39 is 0 Å². The fraction of sp³-hybridized carbons (Fsp3) is 0.545. The minimum atomic E-state index is 0.124. The van der Waals surface area contributed by atoms with Gasteiger partial charge < -0.3 is 5.73 Å². The maximum Gasteiger partial charge on any atom is 0.0947 e. The van der Waals surface area contributed by atoms with E-state index in [0.29, 0.717) is 0 Å². The Morgan fingerprint density at radius 2 is 2.38 bits per heavy atom. The molecule has 0 saturated heterocycles. The quantitative estimate of drug-likeness (QED) is 0.627. The van der Waals surface area contributed by atoms with Crippen LogP contribution in [-0.2, 0) is 6.54 Å². The number of nitrogens with one attached hydrogen (secondary N) is 1. The van der Waals surface area contributed by atoms with Gasteiger partial charge in [-0.05, 0) is 33.9 Å². The van der Waals surface area contributed by atoms with Gasteiger partial charge in [-0.1, -0.05) is 13.8 Å². The van der Waals surface area contributed by atoms with E-state index in [1.165, 1.54) is 9.35 Å². The summed E-state index contributed by atoms with van der Waals surface area (Å²) in [5.74, 6) is 0.391. The topological polar surface area (TPSA) is 53.1 Å². The molecule has 3 N–H and O–H groups in total. The third-order valence-electron chi connectivity index (χ3n) is 2.57. The Hall–Kier alpha value is -0.390. The number of halogens is 1. The highest BCUT2D eigenvalue weighted by molar-refractivity contribution is 9.10. The van der Waals surface area contributed by atoms with Crippen LogP contribution in [0.2, 0.25) is 0 Å². The standard InChI is InChI=1S/C11H18BrN3S/c1-3-15(6-8(2)11(13)14)7-10-9(12)4-5-16-10/h4-5,8H,3,6-7H2,1-2H3,(H3,13,14). The van der Waals surface area contributed by atoms with E-state index >= 15 is 0 Å². The second-order valence-electron chi connectivity index (χ2n) is 3.88. The number of nitrogens with zero attached hydrogens (tertiary/aromatic N) is 1. The molecule has 0 aliphatic heterocycles. The normalized spacial score (nSPS) is 13.0. The maximum atomic E-state index is 7.41. The lowest BCUT2D eigenvalue weighted by Gasteiger charge is -2.23. The van der Waals surface area contributed by atoms with Crippen molar-refractivity contribution < 1.29 is 0 Å². The molecule has 1 aromatic rings. The SMILES string of the molecule is CCN(Cc1sccc1Br)CC(C)C(=N)N. The van der Waals surface area contributed by atoms with Gasteiger partial charge in [-0.25, -0.2) is 0 Å². The van der Waals surface area contributed by atoms with Crippen molar-refractivity contribution in [1.82, 2.24) is 4.90 Å². The first-order chi connectivity index (χ1) is 7.54. The molecule has 0 fully saturated rings. The van der Waals surface area contributed by atoms with Crippen molar-refractivity contribution in [2.75, 3.05) is 13.1 Å². The molecule has 1 heterocycles. The Morgan fingerprint density at radius 1 is 1.69 bits per heavy atom. The smallest absolute Gasteiger partial charge is 0.0947 e. The molecule has 5 heteroatoms. The number of rotatable bonds is 6. The van der Waals surface area contributed by atoms with Gasteiger partial charge in [0, 0.05) is 28.4 Å². The van der Waals surface area contributed by atoms with E-state index in [9.17, 15) is 0 Å². The number of nitrogens with two attached hydrogens (primary N) is 1. The Morgan fingerprint density at radius 3 is 2.81 bits per heavy atom. The lowest BCUT2D eigenvalue weighted by atomic mass is 10.1. The van der Waals surface area contributed by atoms with Crippen LogP contribution < -0.4 is 5.73 Å². The highest BCUT2D eigenvalue weighted by atomic mass is 79.9. The molecular formula is C11H18BrN3S. The minimum absolute atomic E-state index is 0.124. The first-order valence-electron chi connectivity index (χ1n) is 5.32. The van der Waals surface area contributed by atoms with Crippen LogP contribution in [0.1, 0.15) is 18.7 Å². The molecule has 1 aromatic heterocycles. The molecule has 0 spiro atoms. The summed E-state index contributed by atoms with van der Waals surface area (Å²) in [5, 5.41) is 9.49. The molecule has 0 aliphatic carbocycles. The van der Waals surface area contributed by atoms with Gasteiger partial charge in [0.15, 0.2) is 0 Å². The van der Waals surface area contributed by atoms with Crippen LogP contribution in [0.4, 0.5) is 0 Å². The second kappa shape index (κ2) is 6.37. The van der Waals surface area contributed by atoms with E-state index in [1.54, 1.807) is 11.3 Å². The van der Waals surface area contributed by atoms with Gasteiger partial charge in [0.25, 0.3) is 0 Å². The number of hydrogen-bond acceptors (Lipinski definition) is 3. The summed E-state index contributed by atoms with van der Waals surface area (Å²) in [7, 11) is 0. The zero-order chi connectivity index (χ0) is 12.1. The zero-order valence-corrected chi connectivity index (χ0v) is 12.1. The van der Waals surface area contributed by atoms with Gasteiger partial charge in [0.05, 0.1) is 5.84 Å². The van der Waals surface area contributed by atoms with E-state index in [4.69, 9.17) is 11.1 Å². The van der Waals surface area contributed by atoms with Crippen LogP contribution >= 0.6 is 27.3 Å². The molecule has 0 bridgehead atoms. The molecule has 0 aliphatic rings. The Labute approximate surface area is 109 Å². The molecule has 90 valence electrons. The summed E-state index contributed by atoms with van der Waals surface area (Å²) in [6, 6.07) is 2.07. The van der Waals surface area contributed by atoms with Crippen molar-refractivity contribution >= 4 is 33.1 Å². The number of thiophene rings is 1. The van der Waals surface area contributed by atoms with Crippen molar-refractivity contribution in [2.24, 2.45) is 11.7 Å². The largest absolute Gasteiger partial charge is 0.387 e. The summed E-state index contributed by atoms with van der Waals surface area (Å²) < 4.78 is 1.17. The molecule has 0 radical (unpaired) electrons. The van der Waals surface area contributed by atoms with Crippen molar-refractivity contribution in [3.8, 4) is 0 Å². The van der Waals surface area contributed by atoms with Gasteiger partial charge in [-0.3, -0.25) is 10.3 Å². The molecule has 1 rings (SSSR count). The number of hydrogen-bond donors (Lipinski definition) is 2. The average molecular weight is 304 g/mol. The maximum absolute atomic E-state index is 7.41. The molecule has 0 amide bonds. The van der Waals surface area contributed by atoms with Crippen molar-refractivity contribution in [2.45, 2.75) is 20.4 Å².